The highest BCUT2D eigenvalue weighted by Crippen LogP contribution is 2.25. The molecule has 0 aliphatic heterocycles. The lowest BCUT2D eigenvalue weighted by Crippen LogP contribution is -2.30. The molecule has 0 saturated heterocycles. The molecule has 1 N–H and O–H groups in total. The van der Waals surface area contributed by atoms with Crippen LogP contribution in [-0.4, -0.2) is 5.91 Å². The van der Waals surface area contributed by atoms with Gasteiger partial charge in [0.2, 0.25) is 0 Å². The van der Waals surface area contributed by atoms with E-state index in [-0.39, 0.29) is 18.6 Å². The molecule has 0 fully saturated rings. The Hall–Kier alpha value is -4.09. The Morgan fingerprint density at radius 1 is 0.973 bits per heavy atom. The second kappa shape index (κ2) is 13.3. The van der Waals surface area contributed by atoms with Gasteiger partial charge in [-0.3, -0.25) is 4.79 Å². The number of carbonyl (C=O) groups is 1. The molecular formula is C32H35N3O2. The molecule has 1 atom stereocenters. The van der Waals surface area contributed by atoms with Crippen molar-refractivity contribution >= 4 is 5.91 Å². The van der Waals surface area contributed by atoms with Crippen LogP contribution in [0.15, 0.2) is 60.7 Å². The number of rotatable bonds is 11. The summed E-state index contributed by atoms with van der Waals surface area (Å²) < 4.78 is 5.94. The van der Waals surface area contributed by atoms with E-state index in [0.29, 0.717) is 35.6 Å². The Balaban J connectivity index is 1.86. The summed E-state index contributed by atoms with van der Waals surface area (Å²) in [5.74, 6) is 0.892. The van der Waals surface area contributed by atoms with Crippen LogP contribution >= 0.6 is 0 Å². The standard InChI is InChI=1S/C32H35N3O2/c1-22(2)12-31(28-14-23(3)13-24(4)15-28)35-32(36)29-17-25(8-5-6-11-33)16-27(18-29)21-37-30-10-7-9-26(19-30)20-34/h7,9-10,13-19,22,31H,5-6,8,12,21H2,1-4H3,(H,35,36). The normalized spacial score (nSPS) is 11.4. The number of hydrogen-bond acceptors (Lipinski definition) is 4. The zero-order valence-corrected chi connectivity index (χ0v) is 22.2. The molecule has 37 heavy (non-hydrogen) atoms. The lowest BCUT2D eigenvalue weighted by molar-refractivity contribution is 0.0931. The minimum atomic E-state index is -0.125. The van der Waals surface area contributed by atoms with E-state index in [1.165, 1.54) is 11.1 Å². The number of nitrogens with zero attached hydrogens (tertiary/aromatic N) is 2. The number of unbranched alkanes of at least 4 members (excludes halogenated alkanes) is 1. The van der Waals surface area contributed by atoms with Gasteiger partial charge in [0.25, 0.3) is 5.91 Å². The monoisotopic (exact) mass is 493 g/mol. The first-order valence-electron chi connectivity index (χ1n) is 12.8. The summed E-state index contributed by atoms with van der Waals surface area (Å²) in [5.41, 5.74) is 6.45. The molecule has 5 heteroatoms. The molecule has 1 amide bonds. The molecule has 1 unspecified atom stereocenters. The molecule has 0 aliphatic rings. The van der Waals surface area contributed by atoms with Crippen LogP contribution in [0.1, 0.15) is 82.9 Å². The fraction of sp³-hybridized carbons (Fsp3) is 0.344. The van der Waals surface area contributed by atoms with Gasteiger partial charge in [0, 0.05) is 12.0 Å². The second-order valence-corrected chi connectivity index (χ2v) is 10.1. The van der Waals surface area contributed by atoms with E-state index < -0.39 is 0 Å². The van der Waals surface area contributed by atoms with Crippen molar-refractivity contribution in [1.82, 2.24) is 5.32 Å². The first-order chi connectivity index (χ1) is 17.8. The van der Waals surface area contributed by atoms with Gasteiger partial charge < -0.3 is 10.1 Å². The predicted octanol–water partition coefficient (Wildman–Crippen LogP) is 7.12. The number of nitriles is 2. The Morgan fingerprint density at radius 3 is 2.38 bits per heavy atom. The molecule has 0 spiro atoms. The van der Waals surface area contributed by atoms with Gasteiger partial charge in [-0.15, -0.1) is 0 Å². The summed E-state index contributed by atoms with van der Waals surface area (Å²) >= 11 is 0. The highest BCUT2D eigenvalue weighted by Gasteiger charge is 2.19. The number of nitrogens with one attached hydrogen (secondary N) is 1. The van der Waals surface area contributed by atoms with E-state index in [4.69, 9.17) is 15.3 Å². The third kappa shape index (κ3) is 8.51. The van der Waals surface area contributed by atoms with Crippen molar-refractivity contribution in [3.05, 3.63) is 99.6 Å². The van der Waals surface area contributed by atoms with Crippen LogP contribution in [0.3, 0.4) is 0 Å². The maximum Gasteiger partial charge on any atom is 0.251 e. The van der Waals surface area contributed by atoms with Gasteiger partial charge in [0.1, 0.15) is 12.4 Å². The van der Waals surface area contributed by atoms with Crippen molar-refractivity contribution in [3.8, 4) is 17.9 Å². The Kier molecular flexibility index (Phi) is 9.87. The topological polar surface area (TPSA) is 85.9 Å². The van der Waals surface area contributed by atoms with E-state index in [1.807, 2.05) is 24.3 Å². The first kappa shape index (κ1) is 27.5. The van der Waals surface area contributed by atoms with E-state index in [9.17, 15) is 4.79 Å². The zero-order chi connectivity index (χ0) is 26.8. The van der Waals surface area contributed by atoms with Gasteiger partial charge in [-0.25, -0.2) is 0 Å². The summed E-state index contributed by atoms with van der Waals surface area (Å²) in [6.07, 6.45) is 2.73. The number of aryl methyl sites for hydroxylation is 3. The van der Waals surface area contributed by atoms with Crippen molar-refractivity contribution in [2.45, 2.75) is 66.0 Å². The highest BCUT2D eigenvalue weighted by molar-refractivity contribution is 5.94. The van der Waals surface area contributed by atoms with Crippen LogP contribution in [0.5, 0.6) is 5.75 Å². The van der Waals surface area contributed by atoms with E-state index in [0.717, 1.165) is 29.5 Å². The number of amides is 1. The molecule has 3 rings (SSSR count). The fourth-order valence-corrected chi connectivity index (χ4v) is 4.52. The van der Waals surface area contributed by atoms with Crippen molar-refractivity contribution in [3.63, 3.8) is 0 Å². The van der Waals surface area contributed by atoms with Crippen LogP contribution in [0.25, 0.3) is 0 Å². The third-order valence-electron chi connectivity index (χ3n) is 6.10. The minimum absolute atomic E-state index is 0.0956. The predicted molar refractivity (Wildman–Crippen MR) is 146 cm³/mol. The fourth-order valence-electron chi connectivity index (χ4n) is 4.52. The van der Waals surface area contributed by atoms with Crippen LogP contribution in [0, 0.1) is 42.4 Å². The summed E-state index contributed by atoms with van der Waals surface area (Å²) in [4.78, 5) is 13.5. The summed E-state index contributed by atoms with van der Waals surface area (Å²) in [6.45, 7) is 8.75. The second-order valence-electron chi connectivity index (χ2n) is 10.1. The highest BCUT2D eigenvalue weighted by atomic mass is 16.5. The summed E-state index contributed by atoms with van der Waals surface area (Å²) in [7, 11) is 0. The van der Waals surface area contributed by atoms with E-state index in [2.05, 4.69) is 63.3 Å². The molecule has 0 radical (unpaired) electrons. The first-order valence-corrected chi connectivity index (χ1v) is 12.8. The molecule has 0 saturated carbocycles. The molecule has 5 nitrogen and oxygen atoms in total. The number of carbonyl (C=O) groups excluding carboxylic acids is 1. The SMILES string of the molecule is Cc1cc(C)cc(C(CC(C)C)NC(=O)c2cc(CCCC#N)cc(COc3cccc(C#N)c3)c2)c1. The molecule has 0 bridgehead atoms. The van der Waals surface area contributed by atoms with Crippen molar-refractivity contribution in [2.75, 3.05) is 0 Å². The van der Waals surface area contributed by atoms with Crippen molar-refractivity contribution in [1.29, 1.82) is 10.5 Å². The van der Waals surface area contributed by atoms with Crippen molar-refractivity contribution in [2.24, 2.45) is 5.92 Å². The largest absolute Gasteiger partial charge is 0.489 e. The van der Waals surface area contributed by atoms with Crippen LogP contribution in [0.4, 0.5) is 0 Å². The van der Waals surface area contributed by atoms with Gasteiger partial charge in [0.05, 0.1) is 23.7 Å². The van der Waals surface area contributed by atoms with Gasteiger partial charge in [-0.1, -0.05) is 55.3 Å². The van der Waals surface area contributed by atoms with Crippen LogP contribution < -0.4 is 10.1 Å². The Labute approximate surface area is 220 Å². The zero-order valence-electron chi connectivity index (χ0n) is 22.2. The average molecular weight is 494 g/mol. The van der Waals surface area contributed by atoms with Gasteiger partial charge in [-0.05, 0) is 86.1 Å². The smallest absolute Gasteiger partial charge is 0.251 e. The van der Waals surface area contributed by atoms with Crippen LogP contribution in [0.2, 0.25) is 0 Å². The quantitative estimate of drug-likeness (QED) is 0.288. The lowest BCUT2D eigenvalue weighted by atomic mass is 9.94. The van der Waals surface area contributed by atoms with E-state index >= 15 is 0 Å². The molecule has 3 aromatic carbocycles. The molecular weight excluding hydrogens is 458 g/mol. The van der Waals surface area contributed by atoms with Crippen molar-refractivity contribution < 1.29 is 9.53 Å². The third-order valence-corrected chi connectivity index (χ3v) is 6.10. The molecule has 0 heterocycles. The number of ether oxygens (including phenoxy) is 1. The van der Waals surface area contributed by atoms with Gasteiger partial charge in [-0.2, -0.15) is 10.5 Å². The Morgan fingerprint density at radius 2 is 1.70 bits per heavy atom. The van der Waals surface area contributed by atoms with E-state index in [1.54, 1.807) is 18.2 Å². The summed E-state index contributed by atoms with van der Waals surface area (Å²) in [6, 6.07) is 23.5. The molecule has 0 aliphatic carbocycles. The molecule has 0 aromatic heterocycles. The molecule has 3 aromatic rings. The Bertz CT molecular complexity index is 1290. The lowest BCUT2D eigenvalue weighted by Gasteiger charge is -2.23. The van der Waals surface area contributed by atoms with Gasteiger partial charge >= 0.3 is 0 Å². The number of hydrogen-bond donors (Lipinski definition) is 1. The van der Waals surface area contributed by atoms with Crippen LogP contribution in [-0.2, 0) is 13.0 Å². The summed E-state index contributed by atoms with van der Waals surface area (Å²) in [5, 5.41) is 21.4. The van der Waals surface area contributed by atoms with Gasteiger partial charge in [0.15, 0.2) is 0 Å². The maximum atomic E-state index is 13.5. The maximum absolute atomic E-state index is 13.5. The number of benzene rings is 3. The molecule has 190 valence electrons. The average Bonchev–Trinajstić information content (AvgIpc) is 2.86. The minimum Gasteiger partial charge on any atom is -0.489 e.